The fraction of sp³-hybridized carbons (Fsp3) is 0.480. The second-order valence-electron chi connectivity index (χ2n) is 8.66. The van der Waals surface area contributed by atoms with Crippen molar-refractivity contribution in [3.05, 3.63) is 46.6 Å². The van der Waals surface area contributed by atoms with Gasteiger partial charge in [0, 0.05) is 48.7 Å². The fourth-order valence-electron chi connectivity index (χ4n) is 4.19. The van der Waals surface area contributed by atoms with Crippen LogP contribution in [0.5, 0.6) is 0 Å². The molecule has 1 aliphatic rings. The van der Waals surface area contributed by atoms with E-state index in [0.717, 1.165) is 67.4 Å². The molecule has 1 saturated heterocycles. The number of fused-ring (bicyclic) bond motifs is 1. The van der Waals surface area contributed by atoms with Gasteiger partial charge in [-0.1, -0.05) is 23.9 Å². The van der Waals surface area contributed by atoms with E-state index in [1.165, 1.54) is 33.5 Å². The van der Waals surface area contributed by atoms with Gasteiger partial charge >= 0.3 is 0 Å². The Kier molecular flexibility index (Phi) is 8.22. The summed E-state index contributed by atoms with van der Waals surface area (Å²) in [6, 6.07) is 8.77. The number of thioether (sulfide) groups is 1. The molecule has 0 radical (unpaired) electrons. The monoisotopic (exact) mass is 483 g/mol. The maximum atomic E-state index is 12.3. The van der Waals surface area contributed by atoms with Crippen molar-refractivity contribution in [1.29, 1.82) is 0 Å². The van der Waals surface area contributed by atoms with Gasteiger partial charge in [-0.25, -0.2) is 9.97 Å². The maximum Gasteiger partial charge on any atom is 0.230 e. The van der Waals surface area contributed by atoms with Crippen LogP contribution in [0.15, 0.2) is 35.6 Å². The Hall–Kier alpha value is -2.16. The van der Waals surface area contributed by atoms with Crippen molar-refractivity contribution in [2.24, 2.45) is 0 Å². The number of thiophene rings is 1. The first-order valence-electron chi connectivity index (χ1n) is 11.7. The number of amides is 1. The molecular formula is C25H33N5OS2. The fourth-order valence-corrected chi connectivity index (χ4v) is 6.13. The van der Waals surface area contributed by atoms with Crippen LogP contribution in [-0.4, -0.2) is 65.8 Å². The van der Waals surface area contributed by atoms with E-state index >= 15 is 0 Å². The van der Waals surface area contributed by atoms with Gasteiger partial charge in [-0.2, -0.15) is 0 Å². The zero-order valence-corrected chi connectivity index (χ0v) is 21.4. The van der Waals surface area contributed by atoms with Crippen LogP contribution in [0.3, 0.4) is 0 Å². The molecule has 0 unspecified atom stereocenters. The van der Waals surface area contributed by atoms with Gasteiger partial charge in [0.1, 0.15) is 16.2 Å². The average molecular weight is 484 g/mol. The van der Waals surface area contributed by atoms with Crippen LogP contribution in [0, 0.1) is 20.8 Å². The van der Waals surface area contributed by atoms with Gasteiger partial charge < -0.3 is 10.2 Å². The number of benzene rings is 1. The Labute approximate surface area is 204 Å². The van der Waals surface area contributed by atoms with Crippen LogP contribution in [0.4, 0.5) is 5.69 Å². The lowest BCUT2D eigenvalue weighted by molar-refractivity contribution is -0.118. The minimum absolute atomic E-state index is 0.0723. The van der Waals surface area contributed by atoms with E-state index in [1.807, 2.05) is 0 Å². The van der Waals surface area contributed by atoms with Crippen molar-refractivity contribution in [2.75, 3.05) is 49.9 Å². The molecule has 3 aromatic rings. The van der Waals surface area contributed by atoms with E-state index < -0.39 is 0 Å². The van der Waals surface area contributed by atoms with E-state index in [1.54, 1.807) is 17.7 Å². The van der Waals surface area contributed by atoms with Gasteiger partial charge in [0.2, 0.25) is 5.91 Å². The maximum absolute atomic E-state index is 12.3. The van der Waals surface area contributed by atoms with Gasteiger partial charge in [0.15, 0.2) is 0 Å². The summed E-state index contributed by atoms with van der Waals surface area (Å²) in [6.07, 6.45) is 3.71. The van der Waals surface area contributed by atoms with Crippen molar-refractivity contribution in [3.8, 4) is 0 Å². The smallest absolute Gasteiger partial charge is 0.230 e. The number of rotatable bonds is 9. The molecule has 176 valence electrons. The lowest BCUT2D eigenvalue weighted by atomic mass is 10.2. The highest BCUT2D eigenvalue weighted by Crippen LogP contribution is 2.34. The molecular weight excluding hydrogens is 450 g/mol. The predicted octanol–water partition coefficient (Wildman–Crippen LogP) is 4.43. The first-order valence-corrected chi connectivity index (χ1v) is 13.5. The zero-order chi connectivity index (χ0) is 23.2. The molecule has 4 rings (SSSR count). The summed E-state index contributed by atoms with van der Waals surface area (Å²) < 4.78 is 0. The van der Waals surface area contributed by atoms with E-state index in [4.69, 9.17) is 0 Å². The van der Waals surface area contributed by atoms with Crippen LogP contribution >= 0.6 is 23.1 Å². The number of piperazine rings is 1. The summed E-state index contributed by atoms with van der Waals surface area (Å²) in [5.74, 6) is 0.463. The third-order valence-electron chi connectivity index (χ3n) is 6.23. The minimum Gasteiger partial charge on any atom is -0.369 e. The Balaban J connectivity index is 1.11. The van der Waals surface area contributed by atoms with Crippen LogP contribution in [0.1, 0.15) is 28.8 Å². The number of aromatic nitrogens is 2. The molecule has 1 amide bonds. The van der Waals surface area contributed by atoms with Gasteiger partial charge in [-0.05, 0) is 63.4 Å². The molecule has 0 atom stereocenters. The van der Waals surface area contributed by atoms with Crippen molar-refractivity contribution >= 4 is 44.9 Å². The minimum atomic E-state index is 0.0723. The van der Waals surface area contributed by atoms with Gasteiger partial charge in [-0.3, -0.25) is 9.69 Å². The highest BCUT2D eigenvalue weighted by molar-refractivity contribution is 8.00. The van der Waals surface area contributed by atoms with Crippen molar-refractivity contribution in [2.45, 2.75) is 38.6 Å². The molecule has 1 fully saturated rings. The zero-order valence-electron chi connectivity index (χ0n) is 19.8. The number of aryl methyl sites for hydroxylation is 3. The number of anilines is 1. The summed E-state index contributed by atoms with van der Waals surface area (Å²) in [4.78, 5) is 28.4. The normalized spacial score (nSPS) is 14.7. The molecule has 1 aliphatic heterocycles. The lowest BCUT2D eigenvalue weighted by Crippen LogP contribution is -2.46. The second-order valence-corrected chi connectivity index (χ2v) is 10.8. The molecule has 0 spiro atoms. The number of carbonyl (C=O) groups is 1. The predicted molar refractivity (Wildman–Crippen MR) is 140 cm³/mol. The van der Waals surface area contributed by atoms with E-state index in [0.29, 0.717) is 5.75 Å². The van der Waals surface area contributed by atoms with Crippen LogP contribution in [0.2, 0.25) is 0 Å². The molecule has 3 heterocycles. The molecule has 0 saturated carbocycles. The Bertz CT molecular complexity index is 1090. The SMILES string of the molecule is Cc1cccc(N2CCN(CCCCNC(=O)CSc3ncnc4sc(C)c(C)c34)CC2)c1. The number of carbonyl (C=O) groups excluding carboxylic acids is 1. The molecule has 0 aliphatic carbocycles. The van der Waals surface area contributed by atoms with Crippen LogP contribution < -0.4 is 10.2 Å². The standard InChI is InChI=1S/C25H33N5OS2/c1-18-7-6-8-21(15-18)30-13-11-29(12-14-30)10-5-4-9-26-22(31)16-32-24-23-19(2)20(3)33-25(23)28-17-27-24/h6-8,15,17H,4-5,9-14,16H2,1-3H3,(H,26,31). The number of unbranched alkanes of at least 4 members (excludes halogenated alkanes) is 1. The lowest BCUT2D eigenvalue weighted by Gasteiger charge is -2.36. The van der Waals surface area contributed by atoms with Gasteiger partial charge in [0.05, 0.1) is 5.75 Å². The van der Waals surface area contributed by atoms with Crippen LogP contribution in [-0.2, 0) is 4.79 Å². The van der Waals surface area contributed by atoms with E-state index in [-0.39, 0.29) is 5.91 Å². The van der Waals surface area contributed by atoms with Crippen molar-refractivity contribution in [1.82, 2.24) is 20.2 Å². The summed E-state index contributed by atoms with van der Waals surface area (Å²) in [5.41, 5.74) is 3.87. The number of nitrogens with one attached hydrogen (secondary N) is 1. The van der Waals surface area contributed by atoms with Crippen molar-refractivity contribution in [3.63, 3.8) is 0 Å². The number of nitrogens with zero attached hydrogens (tertiary/aromatic N) is 4. The first kappa shape index (κ1) is 24.0. The quantitative estimate of drug-likeness (QED) is 0.276. The number of hydrogen-bond acceptors (Lipinski definition) is 7. The van der Waals surface area contributed by atoms with Gasteiger partial charge in [-0.15, -0.1) is 11.3 Å². The average Bonchev–Trinajstić information content (AvgIpc) is 3.12. The molecule has 1 aromatic carbocycles. The van der Waals surface area contributed by atoms with Gasteiger partial charge in [0.25, 0.3) is 0 Å². The first-order chi connectivity index (χ1) is 16.0. The molecule has 6 nitrogen and oxygen atoms in total. The number of hydrogen-bond donors (Lipinski definition) is 1. The molecule has 33 heavy (non-hydrogen) atoms. The summed E-state index contributed by atoms with van der Waals surface area (Å²) in [5, 5.41) is 5.07. The van der Waals surface area contributed by atoms with E-state index in [2.05, 4.69) is 70.1 Å². The topological polar surface area (TPSA) is 61.4 Å². The highest BCUT2D eigenvalue weighted by atomic mass is 32.2. The molecule has 1 N–H and O–H groups in total. The summed E-state index contributed by atoms with van der Waals surface area (Å²) >= 11 is 3.19. The Morgan fingerprint density at radius 3 is 2.73 bits per heavy atom. The van der Waals surface area contributed by atoms with Crippen molar-refractivity contribution < 1.29 is 4.79 Å². The third-order valence-corrected chi connectivity index (χ3v) is 8.34. The summed E-state index contributed by atoms with van der Waals surface area (Å²) in [6.45, 7) is 12.6. The van der Waals surface area contributed by atoms with E-state index in [9.17, 15) is 4.79 Å². The van der Waals surface area contributed by atoms with Crippen LogP contribution in [0.25, 0.3) is 10.2 Å². The third kappa shape index (κ3) is 6.25. The highest BCUT2D eigenvalue weighted by Gasteiger charge is 2.17. The molecule has 0 bridgehead atoms. The largest absolute Gasteiger partial charge is 0.369 e. The Morgan fingerprint density at radius 1 is 1.12 bits per heavy atom. The molecule has 2 aromatic heterocycles. The Morgan fingerprint density at radius 2 is 1.94 bits per heavy atom. The molecule has 8 heteroatoms. The summed E-state index contributed by atoms with van der Waals surface area (Å²) in [7, 11) is 0. The second kappa shape index (κ2) is 11.3.